The number of anilines is 1. The number of nitrogens with zero attached hydrogens (tertiary/aromatic N) is 3. The SMILES string of the molecule is CCc1cc(Cl)c(O)c(C(=O)NCCCCN2CCN(C3=CC=S(c4ccccc4)N3c3ccccc3)CC2)c1OC.Cl.O. The summed E-state index contributed by atoms with van der Waals surface area (Å²) in [5, 5.41) is 15.9. The van der Waals surface area contributed by atoms with Gasteiger partial charge in [0.05, 0.1) is 17.8 Å². The average Bonchev–Trinajstić information content (AvgIpc) is 3.48. The number of amides is 1. The van der Waals surface area contributed by atoms with Crippen molar-refractivity contribution in [3.8, 4) is 11.5 Å². The van der Waals surface area contributed by atoms with Crippen molar-refractivity contribution in [3.05, 3.63) is 94.8 Å². The number of allylic oxidation sites excluding steroid dienone is 1. The fraction of sp³-hybridized carbons (Fsp3) is 0.333. The first-order chi connectivity index (χ1) is 20.5. The summed E-state index contributed by atoms with van der Waals surface area (Å²) in [5.74, 6) is 1.04. The number of para-hydroxylation sites is 1. The van der Waals surface area contributed by atoms with E-state index in [1.807, 2.05) is 6.92 Å². The Balaban J connectivity index is 0.00000264. The lowest BCUT2D eigenvalue weighted by Gasteiger charge is -2.40. The molecule has 8 nitrogen and oxygen atoms in total. The topological polar surface area (TPSA) is 99.8 Å². The molecule has 0 spiro atoms. The van der Waals surface area contributed by atoms with Crippen LogP contribution in [-0.2, 0) is 6.42 Å². The van der Waals surface area contributed by atoms with Crippen molar-refractivity contribution in [2.24, 2.45) is 0 Å². The van der Waals surface area contributed by atoms with Crippen LogP contribution in [0.5, 0.6) is 11.5 Å². The fourth-order valence-electron chi connectivity index (χ4n) is 5.47. The first-order valence-electron chi connectivity index (χ1n) is 14.5. The van der Waals surface area contributed by atoms with Gasteiger partial charge in [-0.3, -0.25) is 14.0 Å². The van der Waals surface area contributed by atoms with Gasteiger partial charge in [-0.05, 0) is 73.1 Å². The fourth-order valence-corrected chi connectivity index (χ4v) is 7.60. The number of carbonyl (C=O) groups excluding carboxylic acids is 1. The maximum atomic E-state index is 12.9. The van der Waals surface area contributed by atoms with Crippen molar-refractivity contribution in [2.45, 2.75) is 31.1 Å². The minimum atomic E-state index is -0.366. The van der Waals surface area contributed by atoms with Gasteiger partial charge in [0.1, 0.15) is 17.1 Å². The summed E-state index contributed by atoms with van der Waals surface area (Å²) in [6.07, 6.45) is 4.75. The minimum Gasteiger partial charge on any atom is -0.505 e. The zero-order valence-corrected chi connectivity index (χ0v) is 27.6. The van der Waals surface area contributed by atoms with E-state index in [1.165, 1.54) is 23.5 Å². The number of hydrogen-bond acceptors (Lipinski definition) is 6. The van der Waals surface area contributed by atoms with Gasteiger partial charge in [-0.1, -0.05) is 65.6 Å². The first-order valence-corrected chi connectivity index (χ1v) is 16.2. The molecule has 44 heavy (non-hydrogen) atoms. The molecule has 3 aromatic rings. The van der Waals surface area contributed by atoms with Crippen molar-refractivity contribution in [1.82, 2.24) is 15.1 Å². The molecule has 2 aliphatic rings. The third kappa shape index (κ3) is 7.89. The molecule has 1 saturated heterocycles. The highest BCUT2D eigenvalue weighted by Gasteiger charge is 2.28. The van der Waals surface area contributed by atoms with Crippen LogP contribution < -0.4 is 14.4 Å². The Bertz CT molecular complexity index is 1450. The van der Waals surface area contributed by atoms with E-state index in [1.54, 1.807) is 6.07 Å². The second kappa shape index (κ2) is 16.7. The number of ether oxygens (including phenoxy) is 1. The van der Waals surface area contributed by atoms with E-state index in [2.05, 4.69) is 91.5 Å². The largest absolute Gasteiger partial charge is 0.505 e. The lowest BCUT2D eigenvalue weighted by molar-refractivity contribution is 0.0946. The van der Waals surface area contributed by atoms with Crippen molar-refractivity contribution in [3.63, 3.8) is 0 Å². The second-order valence-electron chi connectivity index (χ2n) is 10.3. The monoisotopic (exact) mass is 660 g/mol. The Morgan fingerprint density at radius 1 is 1.02 bits per heavy atom. The summed E-state index contributed by atoms with van der Waals surface area (Å²) in [5.41, 5.74) is 2.11. The zero-order valence-electron chi connectivity index (χ0n) is 25.2. The number of nitrogens with one attached hydrogen (secondary N) is 1. The number of halogens is 2. The van der Waals surface area contributed by atoms with E-state index in [4.69, 9.17) is 16.3 Å². The van der Waals surface area contributed by atoms with Crippen LogP contribution in [0, 0.1) is 0 Å². The minimum absolute atomic E-state index is 0. The number of phenols is 1. The first kappa shape index (κ1) is 35.3. The Labute approximate surface area is 274 Å². The number of aromatic hydroxyl groups is 1. The van der Waals surface area contributed by atoms with Crippen molar-refractivity contribution >= 4 is 51.6 Å². The third-order valence-corrected chi connectivity index (χ3v) is 9.93. The number of piperazine rings is 1. The maximum Gasteiger partial charge on any atom is 0.258 e. The Morgan fingerprint density at radius 2 is 1.68 bits per heavy atom. The lowest BCUT2D eigenvalue weighted by Crippen LogP contribution is -2.48. The number of phenolic OH excluding ortho intramolecular Hbond substituents is 1. The van der Waals surface area contributed by atoms with E-state index >= 15 is 0 Å². The molecule has 1 fully saturated rings. The summed E-state index contributed by atoms with van der Waals surface area (Å²) in [7, 11) is 1.34. The van der Waals surface area contributed by atoms with Crippen molar-refractivity contribution < 1.29 is 20.1 Å². The van der Waals surface area contributed by atoms with Gasteiger partial charge in [0, 0.05) is 37.6 Å². The van der Waals surface area contributed by atoms with Gasteiger partial charge in [0.15, 0.2) is 5.75 Å². The number of methoxy groups -OCH3 is 1. The quantitative estimate of drug-likeness (QED) is 0.201. The van der Waals surface area contributed by atoms with Gasteiger partial charge >= 0.3 is 0 Å². The lowest BCUT2D eigenvalue weighted by atomic mass is 10.0. The molecule has 0 aliphatic carbocycles. The van der Waals surface area contributed by atoms with E-state index in [0.29, 0.717) is 18.7 Å². The molecule has 0 aromatic heterocycles. The highest BCUT2D eigenvalue weighted by Crippen LogP contribution is 2.42. The molecule has 3 aromatic carbocycles. The van der Waals surface area contributed by atoms with Gasteiger partial charge in [0.25, 0.3) is 5.91 Å². The van der Waals surface area contributed by atoms with Crippen molar-refractivity contribution in [2.75, 3.05) is 50.7 Å². The molecule has 11 heteroatoms. The van der Waals surface area contributed by atoms with Crippen LogP contribution >= 0.6 is 34.7 Å². The molecule has 1 atom stereocenters. The summed E-state index contributed by atoms with van der Waals surface area (Å²) < 4.78 is 7.91. The molecule has 4 N–H and O–H groups in total. The Morgan fingerprint density at radius 3 is 2.32 bits per heavy atom. The predicted molar refractivity (Wildman–Crippen MR) is 185 cm³/mol. The Kier molecular flexibility index (Phi) is 13.4. The van der Waals surface area contributed by atoms with Crippen LogP contribution in [0.25, 0.3) is 0 Å². The van der Waals surface area contributed by atoms with E-state index in [0.717, 1.165) is 51.1 Å². The molecule has 0 radical (unpaired) electrons. The van der Waals surface area contributed by atoms with E-state index in [-0.39, 0.29) is 50.8 Å². The average molecular weight is 662 g/mol. The smallest absolute Gasteiger partial charge is 0.258 e. The molecule has 5 rings (SSSR count). The molecule has 2 aliphatic heterocycles. The number of carbonyl (C=O) groups is 1. The molecular formula is C33H42Cl2N4O4S. The summed E-state index contributed by atoms with van der Waals surface area (Å²) >= 11 is 6.16. The molecular weight excluding hydrogens is 619 g/mol. The highest BCUT2D eigenvalue weighted by molar-refractivity contribution is 8.16. The van der Waals surface area contributed by atoms with Crippen LogP contribution in [-0.4, -0.2) is 78.0 Å². The third-order valence-electron chi connectivity index (χ3n) is 7.70. The van der Waals surface area contributed by atoms with Gasteiger partial charge in [-0.25, -0.2) is 0 Å². The molecule has 0 saturated carbocycles. The van der Waals surface area contributed by atoms with Crippen LogP contribution in [0.15, 0.2) is 83.5 Å². The van der Waals surface area contributed by atoms with Crippen molar-refractivity contribution in [1.29, 1.82) is 0 Å². The van der Waals surface area contributed by atoms with Gasteiger partial charge < -0.3 is 25.5 Å². The van der Waals surface area contributed by atoms with Gasteiger partial charge in [-0.15, -0.1) is 12.4 Å². The Hall–Kier alpha value is -3.21. The second-order valence-corrected chi connectivity index (χ2v) is 12.5. The van der Waals surface area contributed by atoms with Crippen LogP contribution in [0.4, 0.5) is 5.69 Å². The molecule has 1 amide bonds. The van der Waals surface area contributed by atoms with E-state index < -0.39 is 0 Å². The molecule has 0 bridgehead atoms. The highest BCUT2D eigenvalue weighted by atomic mass is 35.5. The van der Waals surface area contributed by atoms with Crippen LogP contribution in [0.3, 0.4) is 0 Å². The zero-order chi connectivity index (χ0) is 29.5. The maximum absolute atomic E-state index is 12.9. The van der Waals surface area contributed by atoms with Gasteiger partial charge in [-0.2, -0.15) is 0 Å². The van der Waals surface area contributed by atoms with Gasteiger partial charge in [0.2, 0.25) is 0 Å². The van der Waals surface area contributed by atoms with E-state index in [9.17, 15) is 9.90 Å². The number of benzene rings is 3. The standard InChI is InChI=1S/C33H39ClN4O3S.ClH.H2O/c1-3-25-24-28(34)31(39)30(32(25)41-2)33(40)35-17-10-11-18-36-19-21-37(22-20-36)29-16-23-42(27-14-8-5-9-15-27)38(29)26-12-6-4-7-13-26;;/h4-9,12-16,23-24,39H,3,10-11,17-22H2,1-2H3,(H,35,40);1H;1H2. The number of rotatable bonds is 11. The van der Waals surface area contributed by atoms with Crippen LogP contribution in [0.1, 0.15) is 35.7 Å². The molecule has 238 valence electrons. The van der Waals surface area contributed by atoms with Crippen LogP contribution in [0.2, 0.25) is 5.02 Å². The predicted octanol–water partition coefficient (Wildman–Crippen LogP) is 5.75. The summed E-state index contributed by atoms with van der Waals surface area (Å²) in [4.78, 5) is 19.2. The molecule has 2 heterocycles. The normalized spacial score (nSPS) is 16.3. The number of aryl methyl sites for hydroxylation is 1. The number of unbranched alkanes of at least 4 members (excludes halogenated alkanes) is 1. The summed E-state index contributed by atoms with van der Waals surface area (Å²) in [6.45, 7) is 7.40. The molecule has 1 unspecified atom stereocenters. The number of hydrogen-bond donors (Lipinski definition) is 2. The summed E-state index contributed by atoms with van der Waals surface area (Å²) in [6, 6.07) is 23.0.